The number of benzene rings is 1. The van der Waals surface area contributed by atoms with E-state index in [1.807, 2.05) is 24.3 Å². The minimum Gasteiger partial charge on any atom is -0.491 e. The molecule has 2 N–H and O–H groups in total. The lowest BCUT2D eigenvalue weighted by molar-refractivity contribution is -0.0351. The summed E-state index contributed by atoms with van der Waals surface area (Å²) < 4.78 is 11.3. The number of H-pyrrole nitrogens is 1. The molecule has 1 saturated heterocycles. The predicted molar refractivity (Wildman–Crippen MR) is 92.6 cm³/mol. The molecule has 7 nitrogen and oxygen atoms in total. The number of rotatable bonds is 6. The summed E-state index contributed by atoms with van der Waals surface area (Å²) in [5, 5.41) is 8.86. The number of nitrogens with zero attached hydrogens (tertiary/aromatic N) is 2. The summed E-state index contributed by atoms with van der Waals surface area (Å²) in [6.45, 7) is 4.91. The fourth-order valence-electron chi connectivity index (χ4n) is 2.95. The second-order valence-electron chi connectivity index (χ2n) is 6.07. The van der Waals surface area contributed by atoms with Crippen LogP contribution in [0.15, 0.2) is 35.1 Å². The van der Waals surface area contributed by atoms with Gasteiger partial charge in [-0.15, -0.1) is 0 Å². The van der Waals surface area contributed by atoms with E-state index in [1.165, 1.54) is 6.07 Å². The van der Waals surface area contributed by atoms with Gasteiger partial charge in [-0.05, 0) is 24.6 Å². The first kappa shape index (κ1) is 17.6. The van der Waals surface area contributed by atoms with Crippen molar-refractivity contribution >= 4 is 0 Å². The number of aromatic nitrogens is 2. The minimum atomic E-state index is -0.205. The highest BCUT2D eigenvalue weighted by Crippen LogP contribution is 2.22. The first-order valence-corrected chi connectivity index (χ1v) is 8.38. The summed E-state index contributed by atoms with van der Waals surface area (Å²) in [5.74, 6) is 1.35. The van der Waals surface area contributed by atoms with Crippen molar-refractivity contribution in [1.29, 1.82) is 0 Å². The van der Waals surface area contributed by atoms with Gasteiger partial charge in [0.15, 0.2) is 0 Å². The normalized spacial score (nSPS) is 18.2. The molecular weight excluding hydrogens is 322 g/mol. The Hall–Kier alpha value is -2.22. The molecule has 1 fully saturated rings. The Bertz CT molecular complexity index is 762. The van der Waals surface area contributed by atoms with Crippen LogP contribution in [0.2, 0.25) is 0 Å². The number of aliphatic hydroxyl groups excluding tert-OH is 1. The lowest BCUT2D eigenvalue weighted by Crippen LogP contribution is -2.38. The third-order valence-corrected chi connectivity index (χ3v) is 4.02. The molecule has 134 valence electrons. The standard InChI is InChI=1S/C18H23N3O4/c1-13-19-16(10-18(23)20-13)17-12-21(5-7-25-17)11-14-3-2-4-15(9-14)24-8-6-22/h2-4,9-10,17,22H,5-8,11-12H2,1H3,(H,19,20,23)/t17-/m1/s1. The van der Waals surface area contributed by atoms with E-state index in [2.05, 4.69) is 14.9 Å². The molecule has 3 rings (SSSR count). The lowest BCUT2D eigenvalue weighted by Gasteiger charge is -2.32. The molecule has 2 aromatic rings. The van der Waals surface area contributed by atoms with E-state index in [0.717, 1.165) is 24.4 Å². The van der Waals surface area contributed by atoms with Crippen molar-refractivity contribution in [2.75, 3.05) is 32.9 Å². The van der Waals surface area contributed by atoms with E-state index < -0.39 is 0 Å². The van der Waals surface area contributed by atoms with Gasteiger partial charge in [0.1, 0.15) is 24.3 Å². The van der Waals surface area contributed by atoms with E-state index in [4.69, 9.17) is 14.6 Å². The molecule has 1 aromatic carbocycles. The van der Waals surface area contributed by atoms with Gasteiger partial charge < -0.3 is 19.6 Å². The molecule has 0 bridgehead atoms. The van der Waals surface area contributed by atoms with Crippen LogP contribution in [0.25, 0.3) is 0 Å². The van der Waals surface area contributed by atoms with E-state index in [-0.39, 0.29) is 24.9 Å². The smallest absolute Gasteiger partial charge is 0.251 e. The zero-order valence-corrected chi connectivity index (χ0v) is 14.3. The Morgan fingerprint density at radius 1 is 1.44 bits per heavy atom. The van der Waals surface area contributed by atoms with Crippen LogP contribution in [0.4, 0.5) is 0 Å². The Labute approximate surface area is 146 Å². The van der Waals surface area contributed by atoms with Crippen LogP contribution in [-0.2, 0) is 11.3 Å². The molecule has 0 amide bonds. The molecule has 25 heavy (non-hydrogen) atoms. The highest BCUT2D eigenvalue weighted by Gasteiger charge is 2.23. The van der Waals surface area contributed by atoms with Crippen LogP contribution >= 0.6 is 0 Å². The van der Waals surface area contributed by atoms with Crippen molar-refractivity contribution in [2.24, 2.45) is 0 Å². The van der Waals surface area contributed by atoms with Crippen molar-refractivity contribution in [3.05, 3.63) is 57.8 Å². The van der Waals surface area contributed by atoms with Crippen LogP contribution in [-0.4, -0.2) is 52.9 Å². The van der Waals surface area contributed by atoms with Crippen LogP contribution < -0.4 is 10.3 Å². The van der Waals surface area contributed by atoms with Crippen LogP contribution in [0.1, 0.15) is 23.2 Å². The van der Waals surface area contributed by atoms with Crippen LogP contribution in [0, 0.1) is 6.92 Å². The summed E-state index contributed by atoms with van der Waals surface area (Å²) in [7, 11) is 0. The molecular formula is C18H23N3O4. The number of ether oxygens (including phenoxy) is 2. The Morgan fingerprint density at radius 3 is 3.12 bits per heavy atom. The fourth-order valence-corrected chi connectivity index (χ4v) is 2.95. The maximum absolute atomic E-state index is 11.7. The van der Waals surface area contributed by atoms with Gasteiger partial charge in [0, 0.05) is 25.7 Å². The third kappa shape index (κ3) is 4.88. The second-order valence-corrected chi connectivity index (χ2v) is 6.07. The number of hydrogen-bond acceptors (Lipinski definition) is 6. The molecule has 1 aliphatic rings. The molecule has 0 unspecified atom stereocenters. The van der Waals surface area contributed by atoms with Gasteiger partial charge in [0.05, 0.1) is 18.9 Å². The number of aromatic amines is 1. The van der Waals surface area contributed by atoms with E-state index in [0.29, 0.717) is 24.7 Å². The molecule has 0 radical (unpaired) electrons. The van der Waals surface area contributed by atoms with Gasteiger partial charge in [-0.3, -0.25) is 9.69 Å². The zero-order valence-electron chi connectivity index (χ0n) is 14.3. The highest BCUT2D eigenvalue weighted by molar-refractivity contribution is 5.28. The summed E-state index contributed by atoms with van der Waals surface area (Å²) in [4.78, 5) is 21.0. The first-order valence-electron chi connectivity index (χ1n) is 8.38. The minimum absolute atomic E-state index is 0.00199. The molecule has 2 heterocycles. The van der Waals surface area contributed by atoms with Crippen molar-refractivity contribution in [3.8, 4) is 5.75 Å². The average molecular weight is 345 g/mol. The van der Waals surface area contributed by atoms with Crippen LogP contribution in [0.3, 0.4) is 0 Å². The van der Waals surface area contributed by atoms with Gasteiger partial charge >= 0.3 is 0 Å². The van der Waals surface area contributed by atoms with Crippen molar-refractivity contribution in [3.63, 3.8) is 0 Å². The van der Waals surface area contributed by atoms with Crippen molar-refractivity contribution in [2.45, 2.75) is 19.6 Å². The molecule has 1 aliphatic heterocycles. The van der Waals surface area contributed by atoms with Gasteiger partial charge in [-0.1, -0.05) is 12.1 Å². The molecule has 0 saturated carbocycles. The molecule has 1 aromatic heterocycles. The van der Waals surface area contributed by atoms with Crippen LogP contribution in [0.5, 0.6) is 5.75 Å². The summed E-state index contributed by atoms with van der Waals surface area (Å²) in [5.41, 5.74) is 1.65. The van der Waals surface area contributed by atoms with Gasteiger partial charge in [0.2, 0.25) is 0 Å². The number of aryl methyl sites for hydroxylation is 1. The Balaban J connectivity index is 1.66. The fraction of sp³-hybridized carbons (Fsp3) is 0.444. The van der Waals surface area contributed by atoms with E-state index in [9.17, 15) is 4.79 Å². The molecule has 1 atom stereocenters. The quantitative estimate of drug-likeness (QED) is 0.813. The largest absolute Gasteiger partial charge is 0.491 e. The number of nitrogens with one attached hydrogen (secondary N) is 1. The number of hydrogen-bond donors (Lipinski definition) is 2. The van der Waals surface area contributed by atoms with Gasteiger partial charge in [0.25, 0.3) is 5.56 Å². The lowest BCUT2D eigenvalue weighted by atomic mass is 10.1. The summed E-state index contributed by atoms with van der Waals surface area (Å²) in [6.07, 6.45) is -0.205. The third-order valence-electron chi connectivity index (χ3n) is 4.02. The maximum Gasteiger partial charge on any atom is 0.251 e. The topological polar surface area (TPSA) is 87.7 Å². The van der Waals surface area contributed by atoms with E-state index >= 15 is 0 Å². The SMILES string of the molecule is Cc1nc([C@H]2CN(Cc3cccc(OCCO)c3)CCO2)cc(=O)[nH]1. The molecule has 7 heteroatoms. The average Bonchev–Trinajstić information content (AvgIpc) is 2.60. The summed E-state index contributed by atoms with van der Waals surface area (Å²) >= 11 is 0. The molecule has 0 aliphatic carbocycles. The first-order chi connectivity index (χ1) is 12.1. The number of morpholine rings is 1. The Morgan fingerprint density at radius 2 is 2.32 bits per heavy atom. The summed E-state index contributed by atoms with van der Waals surface area (Å²) in [6, 6.07) is 9.36. The molecule has 0 spiro atoms. The number of aliphatic hydroxyl groups is 1. The Kier molecular flexibility index (Phi) is 5.80. The zero-order chi connectivity index (χ0) is 17.6. The van der Waals surface area contributed by atoms with Gasteiger partial charge in [-0.2, -0.15) is 0 Å². The second kappa shape index (κ2) is 8.24. The maximum atomic E-state index is 11.7. The highest BCUT2D eigenvalue weighted by atomic mass is 16.5. The van der Waals surface area contributed by atoms with Crippen molar-refractivity contribution in [1.82, 2.24) is 14.9 Å². The monoisotopic (exact) mass is 345 g/mol. The predicted octanol–water partition coefficient (Wildman–Crippen LogP) is 1.02. The van der Waals surface area contributed by atoms with Crippen molar-refractivity contribution < 1.29 is 14.6 Å². The van der Waals surface area contributed by atoms with Gasteiger partial charge in [-0.25, -0.2) is 4.98 Å². The van der Waals surface area contributed by atoms with E-state index in [1.54, 1.807) is 6.92 Å².